The van der Waals surface area contributed by atoms with Crippen LogP contribution in [0.5, 0.6) is 5.75 Å². The van der Waals surface area contributed by atoms with Gasteiger partial charge in [0.1, 0.15) is 25.5 Å². The number of fused-ring (bicyclic) bond motifs is 1. The van der Waals surface area contributed by atoms with E-state index in [-0.39, 0.29) is 25.3 Å². The standard InChI is InChI=1S/C18H15BrN2O4/c19-15-7-3-4-8-16(15)24-9-10-25-17(22)12-21-18(23)14-6-2-1-5-13(14)11-20-21/h1-8,11H,9-10,12H2. The fraction of sp³-hybridized carbons (Fsp3) is 0.167. The maximum absolute atomic E-state index is 12.3. The number of benzene rings is 2. The van der Waals surface area contributed by atoms with Crippen LogP contribution < -0.4 is 10.3 Å². The van der Waals surface area contributed by atoms with Crippen molar-refractivity contribution in [3.63, 3.8) is 0 Å². The molecule has 1 heterocycles. The molecule has 0 aliphatic heterocycles. The van der Waals surface area contributed by atoms with E-state index in [9.17, 15) is 9.59 Å². The normalized spacial score (nSPS) is 10.6. The Morgan fingerprint density at radius 3 is 2.68 bits per heavy atom. The quantitative estimate of drug-likeness (QED) is 0.468. The zero-order chi connectivity index (χ0) is 17.6. The first-order valence-electron chi connectivity index (χ1n) is 7.63. The van der Waals surface area contributed by atoms with E-state index >= 15 is 0 Å². The molecule has 25 heavy (non-hydrogen) atoms. The van der Waals surface area contributed by atoms with Crippen molar-refractivity contribution in [1.82, 2.24) is 9.78 Å². The number of carbonyl (C=O) groups excluding carboxylic acids is 1. The van der Waals surface area contributed by atoms with E-state index in [1.54, 1.807) is 24.4 Å². The van der Waals surface area contributed by atoms with Gasteiger partial charge in [0.15, 0.2) is 0 Å². The Labute approximate surface area is 152 Å². The highest BCUT2D eigenvalue weighted by molar-refractivity contribution is 9.10. The third kappa shape index (κ3) is 4.24. The monoisotopic (exact) mass is 402 g/mol. The zero-order valence-corrected chi connectivity index (χ0v) is 14.8. The Balaban J connectivity index is 1.54. The molecule has 0 atom stereocenters. The van der Waals surface area contributed by atoms with Crippen molar-refractivity contribution < 1.29 is 14.3 Å². The third-order valence-corrected chi connectivity index (χ3v) is 4.14. The summed E-state index contributed by atoms with van der Waals surface area (Å²) in [4.78, 5) is 24.2. The summed E-state index contributed by atoms with van der Waals surface area (Å²) in [5, 5.41) is 5.25. The van der Waals surface area contributed by atoms with Crippen LogP contribution in [0.15, 0.2) is 64.0 Å². The first kappa shape index (κ1) is 17.2. The van der Waals surface area contributed by atoms with Crippen LogP contribution in [0, 0.1) is 0 Å². The molecule has 0 N–H and O–H groups in total. The number of aromatic nitrogens is 2. The van der Waals surface area contributed by atoms with Gasteiger partial charge in [0, 0.05) is 5.39 Å². The highest BCUT2D eigenvalue weighted by Crippen LogP contribution is 2.23. The summed E-state index contributed by atoms with van der Waals surface area (Å²) in [6.45, 7) is 0.0651. The van der Waals surface area contributed by atoms with Crippen LogP contribution in [0.25, 0.3) is 10.8 Å². The summed E-state index contributed by atoms with van der Waals surface area (Å²) in [6.07, 6.45) is 1.56. The molecule has 0 spiro atoms. The Hall–Kier alpha value is -2.67. The number of rotatable bonds is 6. The molecular weight excluding hydrogens is 388 g/mol. The van der Waals surface area contributed by atoms with Crippen molar-refractivity contribution in [3.05, 3.63) is 69.6 Å². The Bertz CT molecular complexity index is 955. The molecule has 0 fully saturated rings. The van der Waals surface area contributed by atoms with Crippen molar-refractivity contribution >= 4 is 32.7 Å². The SMILES string of the molecule is O=C(Cn1ncc2ccccc2c1=O)OCCOc1ccccc1Br. The van der Waals surface area contributed by atoms with Crippen molar-refractivity contribution in [3.8, 4) is 5.75 Å². The Morgan fingerprint density at radius 1 is 1.08 bits per heavy atom. The number of esters is 1. The molecule has 128 valence electrons. The van der Waals surface area contributed by atoms with Crippen LogP contribution in [0.4, 0.5) is 0 Å². The second kappa shape index (κ2) is 7.94. The molecule has 0 radical (unpaired) electrons. The minimum atomic E-state index is -0.541. The molecule has 0 unspecified atom stereocenters. The predicted molar refractivity (Wildman–Crippen MR) is 96.6 cm³/mol. The molecule has 0 saturated carbocycles. The molecular formula is C18H15BrN2O4. The molecule has 0 aliphatic rings. The van der Waals surface area contributed by atoms with Crippen LogP contribution in [0.2, 0.25) is 0 Å². The van der Waals surface area contributed by atoms with Crippen molar-refractivity contribution in [1.29, 1.82) is 0 Å². The van der Waals surface area contributed by atoms with E-state index in [1.807, 2.05) is 30.3 Å². The maximum atomic E-state index is 12.3. The number of nitrogens with zero attached hydrogens (tertiary/aromatic N) is 2. The Kier molecular flexibility index (Phi) is 5.45. The van der Waals surface area contributed by atoms with E-state index in [1.165, 1.54) is 0 Å². The van der Waals surface area contributed by atoms with Crippen molar-refractivity contribution in [2.45, 2.75) is 6.54 Å². The Morgan fingerprint density at radius 2 is 1.84 bits per heavy atom. The maximum Gasteiger partial charge on any atom is 0.328 e. The number of halogens is 1. The highest BCUT2D eigenvalue weighted by Gasteiger charge is 2.09. The van der Waals surface area contributed by atoms with Crippen LogP contribution >= 0.6 is 15.9 Å². The van der Waals surface area contributed by atoms with E-state index in [0.29, 0.717) is 11.1 Å². The van der Waals surface area contributed by atoms with E-state index in [0.717, 1.165) is 14.5 Å². The molecule has 0 amide bonds. The average molecular weight is 403 g/mol. The van der Waals surface area contributed by atoms with Crippen molar-refractivity contribution in [2.75, 3.05) is 13.2 Å². The molecule has 3 aromatic rings. The van der Waals surface area contributed by atoms with Gasteiger partial charge in [-0.2, -0.15) is 5.10 Å². The fourth-order valence-corrected chi connectivity index (χ4v) is 2.68. The zero-order valence-electron chi connectivity index (χ0n) is 13.2. The van der Waals surface area contributed by atoms with Crippen LogP contribution in [-0.2, 0) is 16.1 Å². The summed E-state index contributed by atoms with van der Waals surface area (Å²) in [6, 6.07) is 14.5. The highest BCUT2D eigenvalue weighted by atomic mass is 79.9. The van der Waals surface area contributed by atoms with Gasteiger partial charge in [0.05, 0.1) is 16.1 Å². The summed E-state index contributed by atoms with van der Waals surface area (Å²) in [7, 11) is 0. The van der Waals surface area contributed by atoms with Crippen LogP contribution in [0.3, 0.4) is 0 Å². The van der Waals surface area contributed by atoms with Gasteiger partial charge < -0.3 is 9.47 Å². The van der Waals surface area contributed by atoms with E-state index in [2.05, 4.69) is 21.0 Å². The van der Waals surface area contributed by atoms with E-state index in [4.69, 9.17) is 9.47 Å². The first-order chi connectivity index (χ1) is 12.1. The van der Waals surface area contributed by atoms with Gasteiger partial charge in [-0.3, -0.25) is 9.59 Å². The topological polar surface area (TPSA) is 70.4 Å². The second-order valence-corrected chi connectivity index (χ2v) is 6.05. The minimum Gasteiger partial charge on any atom is -0.489 e. The lowest BCUT2D eigenvalue weighted by Gasteiger charge is -2.09. The summed E-state index contributed by atoms with van der Waals surface area (Å²) in [5.74, 6) is 0.131. The number of para-hydroxylation sites is 1. The molecule has 0 bridgehead atoms. The first-order valence-corrected chi connectivity index (χ1v) is 8.42. The van der Waals surface area contributed by atoms with Gasteiger partial charge >= 0.3 is 5.97 Å². The second-order valence-electron chi connectivity index (χ2n) is 5.19. The van der Waals surface area contributed by atoms with Gasteiger partial charge in [0.2, 0.25) is 0 Å². The van der Waals surface area contributed by atoms with Crippen LogP contribution in [0.1, 0.15) is 0 Å². The average Bonchev–Trinajstić information content (AvgIpc) is 2.63. The van der Waals surface area contributed by atoms with Crippen LogP contribution in [-0.4, -0.2) is 29.0 Å². The molecule has 2 aromatic carbocycles. The summed E-state index contributed by atoms with van der Waals surface area (Å²) < 4.78 is 12.5. The molecule has 0 saturated heterocycles. The minimum absolute atomic E-state index is 0.0858. The third-order valence-electron chi connectivity index (χ3n) is 3.48. The fourth-order valence-electron chi connectivity index (χ4n) is 2.28. The van der Waals surface area contributed by atoms with Gasteiger partial charge in [-0.15, -0.1) is 0 Å². The molecule has 1 aromatic heterocycles. The number of hydrogen-bond donors (Lipinski definition) is 0. The lowest BCUT2D eigenvalue weighted by atomic mass is 10.2. The lowest BCUT2D eigenvalue weighted by molar-refractivity contribution is -0.145. The molecule has 0 aliphatic carbocycles. The summed E-state index contributed by atoms with van der Waals surface area (Å²) in [5.41, 5.74) is -0.320. The lowest BCUT2D eigenvalue weighted by Crippen LogP contribution is -2.28. The number of ether oxygens (including phenoxy) is 2. The number of hydrogen-bond acceptors (Lipinski definition) is 5. The van der Waals surface area contributed by atoms with Gasteiger partial charge in [0.25, 0.3) is 5.56 Å². The summed E-state index contributed by atoms with van der Waals surface area (Å²) >= 11 is 3.37. The molecule has 6 nitrogen and oxygen atoms in total. The van der Waals surface area contributed by atoms with E-state index < -0.39 is 5.97 Å². The largest absolute Gasteiger partial charge is 0.489 e. The number of carbonyl (C=O) groups is 1. The molecule has 7 heteroatoms. The van der Waals surface area contributed by atoms with Gasteiger partial charge in [-0.1, -0.05) is 30.3 Å². The van der Waals surface area contributed by atoms with Crippen molar-refractivity contribution in [2.24, 2.45) is 0 Å². The van der Waals surface area contributed by atoms with Gasteiger partial charge in [-0.05, 0) is 34.1 Å². The molecule has 3 rings (SSSR count). The predicted octanol–water partition coefficient (Wildman–Crippen LogP) is 2.78. The van der Waals surface area contributed by atoms with Gasteiger partial charge in [-0.25, -0.2) is 4.68 Å². The smallest absolute Gasteiger partial charge is 0.328 e.